The van der Waals surface area contributed by atoms with E-state index in [1.807, 2.05) is 0 Å². The van der Waals surface area contributed by atoms with Crippen LogP contribution in [0.2, 0.25) is 5.02 Å². The van der Waals surface area contributed by atoms with E-state index in [4.69, 9.17) is 16.3 Å². The van der Waals surface area contributed by atoms with Gasteiger partial charge >= 0.3 is 5.97 Å². The summed E-state index contributed by atoms with van der Waals surface area (Å²) in [5.41, 5.74) is 0.131. The van der Waals surface area contributed by atoms with Gasteiger partial charge in [-0.3, -0.25) is 9.59 Å². The van der Waals surface area contributed by atoms with E-state index in [9.17, 15) is 14.4 Å². The van der Waals surface area contributed by atoms with Gasteiger partial charge in [0.15, 0.2) is 5.13 Å². The fourth-order valence-corrected chi connectivity index (χ4v) is 2.89. The smallest absolute Gasteiger partial charge is 0.350 e. The number of aromatic nitrogens is 2. The third kappa shape index (κ3) is 4.65. The second-order valence-electron chi connectivity index (χ2n) is 5.25. The molecule has 0 bridgehead atoms. The Morgan fingerprint density at radius 3 is 2.79 bits per heavy atom. The maximum Gasteiger partial charge on any atom is 0.350 e. The van der Waals surface area contributed by atoms with E-state index in [0.29, 0.717) is 15.6 Å². The van der Waals surface area contributed by atoms with Gasteiger partial charge in [0, 0.05) is 12.3 Å². The van der Waals surface area contributed by atoms with Crippen LogP contribution in [0.1, 0.15) is 29.2 Å². The van der Waals surface area contributed by atoms with E-state index >= 15 is 0 Å². The Labute approximate surface area is 147 Å². The molecule has 0 radical (unpaired) electrons. The number of rotatable bonds is 5. The standard InChI is InChI=1S/C15H16ClN3O4S/c1-8(2)23-14(22)13-9(3)17-15(24-13)18-11(20)7-19-6-10(16)4-5-12(19)21/h4-6,8H,7H2,1-3H3,(H,17,18,20). The molecule has 0 fully saturated rings. The number of nitrogens with one attached hydrogen (secondary N) is 1. The number of nitrogens with zero attached hydrogens (tertiary/aromatic N) is 2. The fraction of sp³-hybridized carbons (Fsp3) is 0.333. The van der Waals surface area contributed by atoms with Crippen molar-refractivity contribution in [2.24, 2.45) is 0 Å². The Morgan fingerprint density at radius 2 is 2.12 bits per heavy atom. The van der Waals surface area contributed by atoms with Gasteiger partial charge in [-0.05, 0) is 26.8 Å². The van der Waals surface area contributed by atoms with E-state index in [0.717, 1.165) is 11.3 Å². The van der Waals surface area contributed by atoms with Gasteiger partial charge in [-0.15, -0.1) is 0 Å². The van der Waals surface area contributed by atoms with Crippen molar-refractivity contribution < 1.29 is 14.3 Å². The monoisotopic (exact) mass is 369 g/mol. The van der Waals surface area contributed by atoms with Crippen LogP contribution in [0, 0.1) is 6.92 Å². The summed E-state index contributed by atoms with van der Waals surface area (Å²) in [6.07, 6.45) is 1.13. The third-order valence-electron chi connectivity index (χ3n) is 2.83. The first-order valence-electron chi connectivity index (χ1n) is 7.10. The van der Waals surface area contributed by atoms with Crippen LogP contribution in [0.3, 0.4) is 0 Å². The molecule has 0 unspecified atom stereocenters. The average Bonchev–Trinajstić information content (AvgIpc) is 2.82. The number of halogens is 1. The molecule has 7 nitrogen and oxygen atoms in total. The van der Waals surface area contributed by atoms with Crippen LogP contribution in [-0.4, -0.2) is 27.5 Å². The number of hydrogen-bond acceptors (Lipinski definition) is 6. The van der Waals surface area contributed by atoms with Crippen LogP contribution in [0.4, 0.5) is 5.13 Å². The molecule has 2 aromatic heterocycles. The van der Waals surface area contributed by atoms with E-state index in [2.05, 4.69) is 10.3 Å². The Bertz CT molecular complexity index is 828. The number of carbonyl (C=O) groups excluding carboxylic acids is 2. The van der Waals surface area contributed by atoms with Gasteiger partial charge < -0.3 is 14.6 Å². The summed E-state index contributed by atoms with van der Waals surface area (Å²) in [5.74, 6) is -0.927. The Balaban J connectivity index is 2.08. The van der Waals surface area contributed by atoms with Gasteiger partial charge in [0.25, 0.3) is 5.56 Å². The van der Waals surface area contributed by atoms with Gasteiger partial charge in [-0.25, -0.2) is 9.78 Å². The highest BCUT2D eigenvalue weighted by molar-refractivity contribution is 7.17. The second-order valence-corrected chi connectivity index (χ2v) is 6.68. The van der Waals surface area contributed by atoms with E-state index in [-0.39, 0.29) is 23.3 Å². The number of aryl methyl sites for hydroxylation is 1. The molecule has 2 rings (SSSR count). The topological polar surface area (TPSA) is 90.3 Å². The summed E-state index contributed by atoms with van der Waals surface area (Å²) in [7, 11) is 0. The minimum Gasteiger partial charge on any atom is -0.459 e. The van der Waals surface area contributed by atoms with Crippen molar-refractivity contribution in [3.8, 4) is 0 Å². The lowest BCUT2D eigenvalue weighted by atomic mass is 10.4. The Morgan fingerprint density at radius 1 is 1.42 bits per heavy atom. The van der Waals surface area contributed by atoms with Crippen molar-refractivity contribution >= 4 is 39.9 Å². The van der Waals surface area contributed by atoms with E-state index < -0.39 is 11.9 Å². The third-order valence-corrected chi connectivity index (χ3v) is 4.11. The number of thiazole rings is 1. The van der Waals surface area contributed by atoms with Gasteiger partial charge in [-0.1, -0.05) is 22.9 Å². The maximum absolute atomic E-state index is 12.1. The number of hydrogen-bond donors (Lipinski definition) is 1. The van der Waals surface area contributed by atoms with Crippen molar-refractivity contribution in [2.75, 3.05) is 5.32 Å². The number of pyridine rings is 1. The highest BCUT2D eigenvalue weighted by Gasteiger charge is 2.19. The van der Waals surface area contributed by atoms with Crippen LogP contribution in [0.5, 0.6) is 0 Å². The number of amides is 1. The van der Waals surface area contributed by atoms with Crippen molar-refractivity contribution in [3.05, 3.63) is 44.3 Å². The summed E-state index contributed by atoms with van der Waals surface area (Å²) < 4.78 is 6.31. The van der Waals surface area contributed by atoms with Gasteiger partial charge in [-0.2, -0.15) is 0 Å². The number of esters is 1. The molecule has 2 heterocycles. The maximum atomic E-state index is 12.1. The first-order valence-corrected chi connectivity index (χ1v) is 8.30. The highest BCUT2D eigenvalue weighted by atomic mass is 35.5. The Hall–Kier alpha value is -2.19. The molecule has 0 saturated heterocycles. The summed E-state index contributed by atoms with van der Waals surface area (Å²) >= 11 is 6.83. The van der Waals surface area contributed by atoms with Crippen molar-refractivity contribution in [3.63, 3.8) is 0 Å². The predicted molar refractivity (Wildman–Crippen MR) is 91.7 cm³/mol. The molecule has 0 atom stereocenters. The van der Waals surface area contributed by atoms with Crippen LogP contribution < -0.4 is 10.9 Å². The minimum atomic E-state index is -0.480. The normalized spacial score (nSPS) is 10.7. The van der Waals surface area contributed by atoms with E-state index in [1.54, 1.807) is 20.8 Å². The fourth-order valence-electron chi connectivity index (χ4n) is 1.85. The molecule has 128 valence electrons. The summed E-state index contributed by atoms with van der Waals surface area (Å²) in [5, 5.41) is 3.18. The molecular formula is C15H16ClN3O4S. The minimum absolute atomic E-state index is 0.205. The first-order chi connectivity index (χ1) is 11.3. The lowest BCUT2D eigenvalue weighted by Crippen LogP contribution is -2.26. The van der Waals surface area contributed by atoms with Crippen molar-refractivity contribution in [1.82, 2.24) is 9.55 Å². The first kappa shape index (κ1) is 18.2. The number of ether oxygens (including phenoxy) is 1. The summed E-state index contributed by atoms with van der Waals surface area (Å²) in [6, 6.07) is 2.73. The van der Waals surface area contributed by atoms with Crippen LogP contribution >= 0.6 is 22.9 Å². The van der Waals surface area contributed by atoms with Crippen LogP contribution in [0.15, 0.2) is 23.1 Å². The van der Waals surface area contributed by atoms with Crippen molar-refractivity contribution in [2.45, 2.75) is 33.4 Å². The molecule has 0 aromatic carbocycles. The largest absolute Gasteiger partial charge is 0.459 e. The predicted octanol–water partition coefficient (Wildman–Crippen LogP) is 2.47. The molecule has 0 aliphatic carbocycles. The molecule has 0 saturated carbocycles. The van der Waals surface area contributed by atoms with Gasteiger partial charge in [0.2, 0.25) is 5.91 Å². The lowest BCUT2D eigenvalue weighted by Gasteiger charge is -2.06. The zero-order valence-electron chi connectivity index (χ0n) is 13.3. The van der Waals surface area contributed by atoms with Gasteiger partial charge in [0.1, 0.15) is 11.4 Å². The number of carbonyl (C=O) groups is 2. The number of anilines is 1. The van der Waals surface area contributed by atoms with Crippen LogP contribution in [0.25, 0.3) is 0 Å². The Kier molecular flexibility index (Phi) is 5.74. The SMILES string of the molecule is Cc1nc(NC(=O)Cn2cc(Cl)ccc2=O)sc1C(=O)OC(C)C. The quantitative estimate of drug-likeness (QED) is 0.817. The summed E-state index contributed by atoms with van der Waals surface area (Å²) in [4.78, 5) is 40.1. The molecule has 9 heteroatoms. The van der Waals surface area contributed by atoms with Crippen molar-refractivity contribution in [1.29, 1.82) is 0 Å². The average molecular weight is 370 g/mol. The second kappa shape index (κ2) is 7.59. The molecule has 2 aromatic rings. The highest BCUT2D eigenvalue weighted by Crippen LogP contribution is 2.23. The molecule has 0 aliphatic heterocycles. The summed E-state index contributed by atoms with van der Waals surface area (Å²) in [6.45, 7) is 4.95. The molecule has 1 N–H and O–H groups in total. The molecule has 0 aliphatic rings. The van der Waals surface area contributed by atoms with E-state index in [1.165, 1.54) is 22.9 Å². The molecular weight excluding hydrogens is 354 g/mol. The zero-order chi connectivity index (χ0) is 17.9. The van der Waals surface area contributed by atoms with Crippen LogP contribution in [-0.2, 0) is 16.1 Å². The zero-order valence-corrected chi connectivity index (χ0v) is 14.9. The molecule has 0 spiro atoms. The molecule has 1 amide bonds. The molecule has 24 heavy (non-hydrogen) atoms. The lowest BCUT2D eigenvalue weighted by molar-refractivity contribution is -0.116. The van der Waals surface area contributed by atoms with Gasteiger partial charge in [0.05, 0.1) is 16.8 Å².